The van der Waals surface area contributed by atoms with Crippen LogP contribution in [0.1, 0.15) is 31.4 Å². The molecular weight excluding hydrogens is 268 g/mol. The van der Waals surface area contributed by atoms with E-state index in [1.807, 2.05) is 13.8 Å². The highest BCUT2D eigenvalue weighted by atomic mass is 19.3. The highest BCUT2D eigenvalue weighted by Crippen LogP contribution is 2.23. The van der Waals surface area contributed by atoms with Crippen molar-refractivity contribution in [2.45, 2.75) is 38.7 Å². The maximum atomic E-state index is 12.6. The van der Waals surface area contributed by atoms with Gasteiger partial charge in [0.25, 0.3) is 0 Å². The molecular formula is C10H14F4N4O. The van der Waals surface area contributed by atoms with Crippen molar-refractivity contribution in [1.82, 2.24) is 15.0 Å². The number of nitrogens with zero attached hydrogens (tertiary/aromatic N) is 3. The predicted molar refractivity (Wildman–Crippen MR) is 58.9 cm³/mol. The molecule has 9 heteroatoms. The van der Waals surface area contributed by atoms with Gasteiger partial charge in [0.2, 0.25) is 5.95 Å². The molecule has 1 aromatic heterocycles. The van der Waals surface area contributed by atoms with Crippen LogP contribution in [0.25, 0.3) is 0 Å². The van der Waals surface area contributed by atoms with Crippen LogP contribution in [0, 0.1) is 0 Å². The Kier molecular flexibility index (Phi) is 4.98. The number of nitrogen functional groups attached to an aromatic ring is 1. The van der Waals surface area contributed by atoms with Gasteiger partial charge in [0.05, 0.1) is 0 Å². The standard InChI is InChI=1S/C10H14F4N4O/c1-5(2)7-16-6(17-9(15)18-7)3-19-4-10(13,14)8(11)12/h5,8H,3-4H2,1-2H3,(H2,15,16,17,18). The zero-order valence-electron chi connectivity index (χ0n) is 10.4. The minimum absolute atomic E-state index is 0.0290. The Morgan fingerprint density at radius 3 is 2.37 bits per heavy atom. The van der Waals surface area contributed by atoms with Crippen molar-refractivity contribution < 1.29 is 22.3 Å². The van der Waals surface area contributed by atoms with Gasteiger partial charge < -0.3 is 10.5 Å². The minimum atomic E-state index is -4.19. The van der Waals surface area contributed by atoms with Crippen molar-refractivity contribution in [3.05, 3.63) is 11.6 Å². The molecule has 2 N–H and O–H groups in total. The molecule has 19 heavy (non-hydrogen) atoms. The minimum Gasteiger partial charge on any atom is -0.368 e. The van der Waals surface area contributed by atoms with Crippen molar-refractivity contribution in [1.29, 1.82) is 0 Å². The lowest BCUT2D eigenvalue weighted by atomic mass is 10.2. The van der Waals surface area contributed by atoms with Crippen LogP contribution < -0.4 is 5.73 Å². The Labute approximate surface area is 107 Å². The summed E-state index contributed by atoms with van der Waals surface area (Å²) in [6.07, 6.45) is -3.78. The molecule has 0 fully saturated rings. The molecule has 0 aromatic carbocycles. The highest BCUT2D eigenvalue weighted by molar-refractivity contribution is 5.16. The third kappa shape index (κ3) is 4.58. The molecule has 0 bridgehead atoms. The average Bonchev–Trinajstić information content (AvgIpc) is 2.27. The molecule has 5 nitrogen and oxygen atoms in total. The summed E-state index contributed by atoms with van der Waals surface area (Å²) in [5.41, 5.74) is 5.42. The molecule has 0 saturated carbocycles. The highest BCUT2D eigenvalue weighted by Gasteiger charge is 2.41. The van der Waals surface area contributed by atoms with E-state index in [-0.39, 0.29) is 17.7 Å². The quantitative estimate of drug-likeness (QED) is 0.808. The summed E-state index contributed by atoms with van der Waals surface area (Å²) in [5, 5.41) is 0. The molecule has 0 aliphatic carbocycles. The van der Waals surface area contributed by atoms with Crippen LogP contribution in [0.5, 0.6) is 0 Å². The SMILES string of the molecule is CC(C)c1nc(N)nc(COCC(F)(F)C(F)F)n1. The van der Waals surface area contributed by atoms with E-state index in [0.29, 0.717) is 5.82 Å². The van der Waals surface area contributed by atoms with Gasteiger partial charge in [-0.1, -0.05) is 13.8 Å². The summed E-state index contributed by atoms with van der Waals surface area (Å²) >= 11 is 0. The van der Waals surface area contributed by atoms with Gasteiger partial charge in [-0.2, -0.15) is 18.7 Å². The first-order valence-corrected chi connectivity index (χ1v) is 5.46. The molecule has 108 valence electrons. The fourth-order valence-electron chi connectivity index (χ4n) is 1.12. The Hall–Kier alpha value is -1.51. The number of anilines is 1. The van der Waals surface area contributed by atoms with Crippen molar-refractivity contribution in [2.24, 2.45) is 0 Å². The fourth-order valence-corrected chi connectivity index (χ4v) is 1.12. The van der Waals surface area contributed by atoms with Crippen LogP contribution in [-0.4, -0.2) is 33.9 Å². The van der Waals surface area contributed by atoms with Crippen LogP contribution in [-0.2, 0) is 11.3 Å². The molecule has 0 radical (unpaired) electrons. The molecule has 0 saturated heterocycles. The zero-order valence-corrected chi connectivity index (χ0v) is 10.4. The van der Waals surface area contributed by atoms with Crippen LogP contribution in [0.2, 0.25) is 0 Å². The molecule has 0 aliphatic rings. The first-order chi connectivity index (χ1) is 8.72. The molecule has 1 aromatic rings. The first kappa shape index (κ1) is 15.5. The number of nitrogens with two attached hydrogens (primary N) is 1. The van der Waals surface area contributed by atoms with Gasteiger partial charge in [-0.3, -0.25) is 0 Å². The normalized spacial score (nSPS) is 12.4. The van der Waals surface area contributed by atoms with E-state index in [1.165, 1.54) is 0 Å². The summed E-state index contributed by atoms with van der Waals surface area (Å²) < 4.78 is 53.4. The van der Waals surface area contributed by atoms with E-state index in [2.05, 4.69) is 19.7 Å². The second-order valence-corrected chi connectivity index (χ2v) is 4.18. The van der Waals surface area contributed by atoms with Crippen LogP contribution in [0.4, 0.5) is 23.5 Å². The summed E-state index contributed by atoms with van der Waals surface area (Å²) in [6, 6.07) is 0. The van der Waals surface area contributed by atoms with Gasteiger partial charge in [-0.15, -0.1) is 0 Å². The van der Waals surface area contributed by atoms with E-state index >= 15 is 0 Å². The number of ether oxygens (including phenoxy) is 1. The van der Waals surface area contributed by atoms with Gasteiger partial charge in [0.15, 0.2) is 5.82 Å². The van der Waals surface area contributed by atoms with Crippen molar-refractivity contribution >= 4 is 5.95 Å². The van der Waals surface area contributed by atoms with E-state index in [9.17, 15) is 17.6 Å². The van der Waals surface area contributed by atoms with Crippen molar-refractivity contribution in [3.8, 4) is 0 Å². The number of hydrogen-bond acceptors (Lipinski definition) is 5. The van der Waals surface area contributed by atoms with Crippen LogP contribution >= 0.6 is 0 Å². The monoisotopic (exact) mass is 282 g/mol. The zero-order chi connectivity index (χ0) is 14.6. The molecule has 1 heterocycles. The second-order valence-electron chi connectivity index (χ2n) is 4.18. The van der Waals surface area contributed by atoms with Gasteiger partial charge >= 0.3 is 12.3 Å². The lowest BCUT2D eigenvalue weighted by Crippen LogP contribution is -2.32. The van der Waals surface area contributed by atoms with Gasteiger partial charge in [0, 0.05) is 5.92 Å². The third-order valence-corrected chi connectivity index (χ3v) is 2.08. The smallest absolute Gasteiger partial charge is 0.330 e. The number of halogens is 4. The van der Waals surface area contributed by atoms with E-state index in [0.717, 1.165) is 0 Å². The predicted octanol–water partition coefficient (Wildman–Crippen LogP) is 1.99. The fraction of sp³-hybridized carbons (Fsp3) is 0.700. The summed E-state index contributed by atoms with van der Waals surface area (Å²) in [5.74, 6) is -3.89. The lowest BCUT2D eigenvalue weighted by Gasteiger charge is -2.15. The summed E-state index contributed by atoms with van der Waals surface area (Å²) in [4.78, 5) is 11.5. The van der Waals surface area contributed by atoms with Crippen LogP contribution in [0.3, 0.4) is 0 Å². The Bertz CT molecular complexity index is 428. The number of alkyl halides is 4. The third-order valence-electron chi connectivity index (χ3n) is 2.08. The van der Waals surface area contributed by atoms with Crippen molar-refractivity contribution in [3.63, 3.8) is 0 Å². The van der Waals surface area contributed by atoms with Gasteiger partial charge in [-0.25, -0.2) is 13.8 Å². The molecule has 0 atom stereocenters. The largest absolute Gasteiger partial charge is 0.368 e. The number of hydrogen-bond donors (Lipinski definition) is 1. The molecule has 0 unspecified atom stereocenters. The van der Waals surface area contributed by atoms with E-state index < -0.39 is 25.6 Å². The lowest BCUT2D eigenvalue weighted by molar-refractivity contribution is -0.168. The summed E-state index contributed by atoms with van der Waals surface area (Å²) in [7, 11) is 0. The second kappa shape index (κ2) is 6.09. The Balaban J connectivity index is 2.63. The Morgan fingerprint density at radius 2 is 1.84 bits per heavy atom. The van der Waals surface area contributed by atoms with E-state index in [4.69, 9.17) is 5.73 Å². The number of rotatable bonds is 6. The van der Waals surface area contributed by atoms with Gasteiger partial charge in [0.1, 0.15) is 19.0 Å². The average molecular weight is 282 g/mol. The maximum absolute atomic E-state index is 12.6. The molecule has 0 amide bonds. The Morgan fingerprint density at radius 1 is 1.21 bits per heavy atom. The topological polar surface area (TPSA) is 73.9 Å². The summed E-state index contributed by atoms with van der Waals surface area (Å²) in [6.45, 7) is 1.77. The maximum Gasteiger partial charge on any atom is 0.330 e. The molecule has 0 spiro atoms. The molecule has 0 aliphatic heterocycles. The number of aromatic nitrogens is 3. The van der Waals surface area contributed by atoms with Gasteiger partial charge in [-0.05, 0) is 0 Å². The first-order valence-electron chi connectivity index (χ1n) is 5.46. The van der Waals surface area contributed by atoms with Crippen molar-refractivity contribution in [2.75, 3.05) is 12.3 Å². The van der Waals surface area contributed by atoms with E-state index in [1.54, 1.807) is 0 Å². The van der Waals surface area contributed by atoms with Crippen LogP contribution in [0.15, 0.2) is 0 Å². The molecule has 1 rings (SSSR count).